The molecule has 2 saturated heterocycles. The molecule has 2 aliphatic heterocycles. The first-order valence-corrected chi connectivity index (χ1v) is 13.3. The fourth-order valence-electron chi connectivity index (χ4n) is 5.70. The normalized spacial score (nSPS) is 28.2. The largest absolute Gasteiger partial charge is 0.384 e. The van der Waals surface area contributed by atoms with Crippen LogP contribution in [0.3, 0.4) is 0 Å². The number of carbonyl (C=O) groups is 1. The van der Waals surface area contributed by atoms with Gasteiger partial charge in [-0.15, -0.1) is 0 Å². The van der Waals surface area contributed by atoms with E-state index < -0.39 is 5.60 Å². The number of rotatable bonds is 4. The molecule has 0 radical (unpaired) electrons. The van der Waals surface area contributed by atoms with Crippen molar-refractivity contribution < 1.29 is 9.90 Å². The number of benzene rings is 1. The van der Waals surface area contributed by atoms with Gasteiger partial charge in [-0.25, -0.2) is 0 Å². The number of nitrogens with zero attached hydrogens (tertiary/aromatic N) is 4. The minimum absolute atomic E-state index is 0.183. The van der Waals surface area contributed by atoms with E-state index in [-0.39, 0.29) is 11.9 Å². The SMILES string of the molecule is O=C([C@H]1CN(C2CCC(O)(c3ccccn3)CC2)CCN1)N1CCN(c2ccc(Cl)c(Cl)c2)CC1. The summed E-state index contributed by atoms with van der Waals surface area (Å²) in [6.45, 7) is 5.39. The van der Waals surface area contributed by atoms with E-state index >= 15 is 0 Å². The number of pyridine rings is 1. The molecule has 0 unspecified atom stereocenters. The Labute approximate surface area is 217 Å². The highest BCUT2D eigenvalue weighted by Gasteiger charge is 2.39. The van der Waals surface area contributed by atoms with E-state index in [0.717, 1.165) is 56.9 Å². The van der Waals surface area contributed by atoms with Crippen molar-refractivity contribution in [3.05, 3.63) is 58.3 Å². The number of carbonyl (C=O) groups excluding carboxylic acids is 1. The monoisotopic (exact) mass is 517 g/mol. The van der Waals surface area contributed by atoms with E-state index in [1.807, 2.05) is 41.3 Å². The Morgan fingerprint density at radius 2 is 1.80 bits per heavy atom. The Morgan fingerprint density at radius 3 is 2.49 bits per heavy atom. The molecule has 3 aliphatic rings. The van der Waals surface area contributed by atoms with Crippen molar-refractivity contribution in [2.45, 2.75) is 43.4 Å². The molecule has 0 spiro atoms. The van der Waals surface area contributed by atoms with E-state index in [9.17, 15) is 9.90 Å². The molecule has 1 atom stereocenters. The van der Waals surface area contributed by atoms with Gasteiger partial charge in [0.05, 0.1) is 21.8 Å². The summed E-state index contributed by atoms with van der Waals surface area (Å²) in [6, 6.07) is 11.6. The average molecular weight is 518 g/mol. The first-order valence-electron chi connectivity index (χ1n) is 12.5. The zero-order valence-corrected chi connectivity index (χ0v) is 21.4. The predicted octanol–water partition coefficient (Wildman–Crippen LogP) is 3.14. The number of hydrogen-bond acceptors (Lipinski definition) is 6. The quantitative estimate of drug-likeness (QED) is 0.648. The van der Waals surface area contributed by atoms with Gasteiger partial charge in [0.1, 0.15) is 5.60 Å². The van der Waals surface area contributed by atoms with Crippen LogP contribution >= 0.6 is 23.2 Å². The Morgan fingerprint density at radius 1 is 1.03 bits per heavy atom. The molecule has 1 aromatic heterocycles. The van der Waals surface area contributed by atoms with Gasteiger partial charge in [0, 0.05) is 63.7 Å². The molecule has 35 heavy (non-hydrogen) atoms. The number of amides is 1. The lowest BCUT2D eigenvalue weighted by molar-refractivity contribution is -0.135. The van der Waals surface area contributed by atoms with E-state index in [1.54, 1.807) is 6.20 Å². The first kappa shape index (κ1) is 24.8. The molecule has 1 saturated carbocycles. The predicted molar refractivity (Wildman–Crippen MR) is 139 cm³/mol. The van der Waals surface area contributed by atoms with Crippen LogP contribution in [0.25, 0.3) is 0 Å². The van der Waals surface area contributed by atoms with Crippen molar-refractivity contribution in [1.82, 2.24) is 20.1 Å². The Kier molecular flexibility index (Phi) is 7.51. The van der Waals surface area contributed by atoms with Crippen LogP contribution in [0.1, 0.15) is 31.4 Å². The Balaban J connectivity index is 1.13. The van der Waals surface area contributed by atoms with Crippen LogP contribution in [0.4, 0.5) is 5.69 Å². The first-order chi connectivity index (χ1) is 16.9. The van der Waals surface area contributed by atoms with Crippen LogP contribution in [0, 0.1) is 0 Å². The molecule has 0 bridgehead atoms. The number of aromatic nitrogens is 1. The third kappa shape index (κ3) is 5.44. The van der Waals surface area contributed by atoms with Gasteiger partial charge in [-0.1, -0.05) is 29.3 Å². The number of piperazine rings is 2. The number of anilines is 1. The molecule has 188 valence electrons. The summed E-state index contributed by atoms with van der Waals surface area (Å²) < 4.78 is 0. The maximum Gasteiger partial charge on any atom is 0.241 e. The molecular weight excluding hydrogens is 485 g/mol. The number of aliphatic hydroxyl groups is 1. The third-order valence-electron chi connectivity index (χ3n) is 7.80. The fraction of sp³-hybridized carbons (Fsp3) is 0.538. The van der Waals surface area contributed by atoms with Gasteiger partial charge in [0.25, 0.3) is 0 Å². The Bertz CT molecular complexity index is 1020. The summed E-state index contributed by atoms with van der Waals surface area (Å²) in [7, 11) is 0. The molecule has 2 aromatic rings. The molecule has 3 heterocycles. The number of halogens is 2. The standard InChI is InChI=1S/C26H33Cl2N5O2/c27-21-5-4-20(17-22(21)28)31-13-15-32(16-14-31)25(34)23-18-33(12-11-29-23)19-6-8-26(35,9-7-19)24-3-1-2-10-30-24/h1-5,10,17,19,23,29,35H,6-9,11-16,18H2/t19?,23-,26?/m1/s1. The molecule has 9 heteroatoms. The number of hydrogen-bond donors (Lipinski definition) is 2. The molecular formula is C26H33Cl2N5O2. The highest BCUT2D eigenvalue weighted by Crippen LogP contribution is 2.38. The lowest BCUT2D eigenvalue weighted by Crippen LogP contribution is -2.62. The van der Waals surface area contributed by atoms with Crippen LogP contribution in [-0.4, -0.2) is 83.7 Å². The van der Waals surface area contributed by atoms with Crippen molar-refractivity contribution in [2.75, 3.05) is 50.7 Å². The Hall–Kier alpha value is -1.90. The average Bonchev–Trinajstić information content (AvgIpc) is 2.91. The second-order valence-electron chi connectivity index (χ2n) is 9.89. The van der Waals surface area contributed by atoms with Gasteiger partial charge in [0.2, 0.25) is 5.91 Å². The molecule has 3 fully saturated rings. The second kappa shape index (κ2) is 10.6. The van der Waals surface area contributed by atoms with Gasteiger partial charge in [-0.2, -0.15) is 0 Å². The van der Waals surface area contributed by atoms with Crippen LogP contribution in [0.15, 0.2) is 42.6 Å². The van der Waals surface area contributed by atoms with Crippen LogP contribution in [0.2, 0.25) is 10.0 Å². The maximum atomic E-state index is 13.3. The van der Waals surface area contributed by atoms with Crippen LogP contribution < -0.4 is 10.2 Å². The summed E-state index contributed by atoms with van der Waals surface area (Å²) in [5.41, 5.74) is 0.970. The molecule has 1 amide bonds. The smallest absolute Gasteiger partial charge is 0.241 e. The summed E-state index contributed by atoms with van der Waals surface area (Å²) in [5, 5.41) is 15.7. The second-order valence-corrected chi connectivity index (χ2v) is 10.7. The molecule has 5 rings (SSSR count). The van der Waals surface area contributed by atoms with E-state index in [0.29, 0.717) is 42.0 Å². The highest BCUT2D eigenvalue weighted by atomic mass is 35.5. The van der Waals surface area contributed by atoms with Crippen LogP contribution in [0.5, 0.6) is 0 Å². The minimum atomic E-state index is -0.838. The molecule has 7 nitrogen and oxygen atoms in total. The molecule has 1 aromatic carbocycles. The zero-order chi connectivity index (χ0) is 24.4. The topological polar surface area (TPSA) is 71.9 Å². The summed E-state index contributed by atoms with van der Waals surface area (Å²) in [6.07, 6.45) is 4.98. The summed E-state index contributed by atoms with van der Waals surface area (Å²) >= 11 is 12.2. The van der Waals surface area contributed by atoms with Crippen molar-refractivity contribution in [1.29, 1.82) is 0 Å². The summed E-state index contributed by atoms with van der Waals surface area (Å²) in [5.74, 6) is 0.185. The van der Waals surface area contributed by atoms with Gasteiger partial charge < -0.3 is 20.2 Å². The van der Waals surface area contributed by atoms with Crippen molar-refractivity contribution in [3.63, 3.8) is 0 Å². The zero-order valence-electron chi connectivity index (χ0n) is 19.9. The third-order valence-corrected chi connectivity index (χ3v) is 8.54. The molecule has 2 N–H and O–H groups in total. The van der Waals surface area contributed by atoms with E-state index in [4.69, 9.17) is 23.2 Å². The lowest BCUT2D eigenvalue weighted by Gasteiger charge is -2.44. The lowest BCUT2D eigenvalue weighted by atomic mass is 9.79. The van der Waals surface area contributed by atoms with Gasteiger partial charge in [-0.05, 0) is 56.0 Å². The van der Waals surface area contributed by atoms with Crippen LogP contribution in [-0.2, 0) is 10.4 Å². The van der Waals surface area contributed by atoms with E-state index in [2.05, 4.69) is 20.1 Å². The van der Waals surface area contributed by atoms with Crippen molar-refractivity contribution >= 4 is 34.8 Å². The van der Waals surface area contributed by atoms with Gasteiger partial charge in [0.15, 0.2) is 0 Å². The van der Waals surface area contributed by atoms with E-state index in [1.165, 1.54) is 0 Å². The van der Waals surface area contributed by atoms with Gasteiger partial charge in [-0.3, -0.25) is 14.7 Å². The maximum absolute atomic E-state index is 13.3. The van der Waals surface area contributed by atoms with Crippen molar-refractivity contribution in [3.8, 4) is 0 Å². The number of nitrogens with one attached hydrogen (secondary N) is 1. The molecule has 1 aliphatic carbocycles. The van der Waals surface area contributed by atoms with Crippen molar-refractivity contribution in [2.24, 2.45) is 0 Å². The van der Waals surface area contributed by atoms with Gasteiger partial charge >= 0.3 is 0 Å². The summed E-state index contributed by atoms with van der Waals surface area (Å²) in [4.78, 5) is 24.4. The minimum Gasteiger partial charge on any atom is -0.384 e. The fourth-order valence-corrected chi connectivity index (χ4v) is 5.99. The highest BCUT2D eigenvalue weighted by molar-refractivity contribution is 6.42.